The van der Waals surface area contributed by atoms with Crippen molar-refractivity contribution in [2.45, 2.75) is 102 Å². The van der Waals surface area contributed by atoms with Gasteiger partial charge >= 0.3 is 5.97 Å². The minimum atomic E-state index is -0.921. The molecule has 0 bridgehead atoms. The molecule has 0 spiro atoms. The number of aliphatic carboxylic acids is 1. The molecule has 1 fully saturated rings. The van der Waals surface area contributed by atoms with E-state index in [1.54, 1.807) is 0 Å². The van der Waals surface area contributed by atoms with E-state index in [1.165, 1.54) is 57.1 Å². The molecule has 0 saturated carbocycles. The maximum Gasteiger partial charge on any atom is 0.314 e. The molecule has 1 heterocycles. The fraction of sp³-hybridized carbons (Fsp3) is 0.900. The summed E-state index contributed by atoms with van der Waals surface area (Å²) in [6, 6.07) is 0. The number of hydrogen-bond donors (Lipinski definition) is 1. The number of hydrogen-bond acceptors (Lipinski definition) is 4. The monoisotopic (exact) mass is 388 g/mol. The van der Waals surface area contributed by atoms with Crippen LogP contribution in [0, 0.1) is 5.92 Å². The van der Waals surface area contributed by atoms with Gasteiger partial charge in [-0.15, -0.1) is 0 Å². The quantitative estimate of drug-likeness (QED) is 0.186. The van der Waals surface area contributed by atoms with Gasteiger partial charge in [0.25, 0.3) is 0 Å². The molecule has 2 unspecified atom stereocenters. The Hall–Kier alpha value is -0.160. The van der Waals surface area contributed by atoms with E-state index in [0.717, 1.165) is 30.9 Å². The van der Waals surface area contributed by atoms with Crippen molar-refractivity contribution < 1.29 is 14.7 Å². The van der Waals surface area contributed by atoms with Crippen LogP contribution in [0.15, 0.2) is 0 Å². The van der Waals surface area contributed by atoms with Crippen molar-refractivity contribution >= 4 is 33.3 Å². The summed E-state index contributed by atoms with van der Waals surface area (Å²) in [5.41, 5.74) is 0. The van der Waals surface area contributed by atoms with Gasteiger partial charge in [-0.3, -0.25) is 9.59 Å². The van der Waals surface area contributed by atoms with Crippen molar-refractivity contribution in [1.29, 1.82) is 0 Å². The zero-order valence-electron chi connectivity index (χ0n) is 15.8. The predicted octanol–water partition coefficient (Wildman–Crippen LogP) is 6.50. The van der Waals surface area contributed by atoms with Crippen LogP contribution >= 0.6 is 21.6 Å². The largest absolute Gasteiger partial charge is 0.481 e. The Bertz CT molecular complexity index is 368. The highest BCUT2D eigenvalue weighted by Crippen LogP contribution is 2.39. The molecule has 1 rings (SSSR count). The normalized spacial score (nSPS) is 18.4. The van der Waals surface area contributed by atoms with E-state index < -0.39 is 11.9 Å². The SMILES string of the molecule is CCCCCCCCCCC(C(=O)O)C(=O)CCCCC1CCSS1. The van der Waals surface area contributed by atoms with Crippen molar-refractivity contribution in [2.24, 2.45) is 5.92 Å². The van der Waals surface area contributed by atoms with Gasteiger partial charge < -0.3 is 5.11 Å². The summed E-state index contributed by atoms with van der Waals surface area (Å²) in [6.45, 7) is 2.22. The molecule has 25 heavy (non-hydrogen) atoms. The zero-order chi connectivity index (χ0) is 18.3. The van der Waals surface area contributed by atoms with E-state index in [1.807, 2.05) is 21.6 Å². The number of rotatable bonds is 16. The number of unbranched alkanes of at least 4 members (excludes halogenated alkanes) is 8. The summed E-state index contributed by atoms with van der Waals surface area (Å²) in [5, 5.41) is 10.1. The van der Waals surface area contributed by atoms with Gasteiger partial charge in [-0.2, -0.15) is 0 Å². The zero-order valence-corrected chi connectivity index (χ0v) is 17.5. The van der Waals surface area contributed by atoms with Crippen molar-refractivity contribution in [3.05, 3.63) is 0 Å². The number of carbonyl (C=O) groups is 2. The van der Waals surface area contributed by atoms with Gasteiger partial charge in [0.1, 0.15) is 11.7 Å². The molecule has 5 heteroatoms. The van der Waals surface area contributed by atoms with E-state index in [9.17, 15) is 14.7 Å². The Balaban J connectivity index is 2.08. The lowest BCUT2D eigenvalue weighted by atomic mass is 9.93. The smallest absolute Gasteiger partial charge is 0.314 e. The van der Waals surface area contributed by atoms with Crippen LogP contribution in [-0.4, -0.2) is 27.9 Å². The molecule has 0 radical (unpaired) electrons. The minimum absolute atomic E-state index is 0.0519. The Kier molecular flexibility index (Phi) is 13.7. The minimum Gasteiger partial charge on any atom is -0.481 e. The fourth-order valence-corrected chi connectivity index (χ4v) is 6.34. The van der Waals surface area contributed by atoms with Gasteiger partial charge in [-0.25, -0.2) is 0 Å². The van der Waals surface area contributed by atoms with Crippen LogP contribution in [0.25, 0.3) is 0 Å². The molecule has 0 aromatic carbocycles. The van der Waals surface area contributed by atoms with Crippen molar-refractivity contribution in [3.63, 3.8) is 0 Å². The van der Waals surface area contributed by atoms with Gasteiger partial charge in [0.2, 0.25) is 0 Å². The Morgan fingerprint density at radius 1 is 1.00 bits per heavy atom. The van der Waals surface area contributed by atoms with Crippen molar-refractivity contribution in [3.8, 4) is 0 Å². The lowest BCUT2D eigenvalue weighted by molar-refractivity contribution is -0.146. The van der Waals surface area contributed by atoms with Gasteiger partial charge in [0.15, 0.2) is 0 Å². The van der Waals surface area contributed by atoms with Crippen LogP contribution in [0.4, 0.5) is 0 Å². The van der Waals surface area contributed by atoms with E-state index in [0.29, 0.717) is 12.8 Å². The highest BCUT2D eigenvalue weighted by atomic mass is 33.1. The lowest BCUT2D eigenvalue weighted by Gasteiger charge is -2.12. The molecule has 0 amide bonds. The van der Waals surface area contributed by atoms with E-state index in [-0.39, 0.29) is 5.78 Å². The van der Waals surface area contributed by atoms with Gasteiger partial charge in [0, 0.05) is 17.4 Å². The average molecular weight is 389 g/mol. The van der Waals surface area contributed by atoms with Crippen LogP contribution in [-0.2, 0) is 9.59 Å². The molecule has 3 nitrogen and oxygen atoms in total. The lowest BCUT2D eigenvalue weighted by Crippen LogP contribution is -2.23. The molecule has 1 N–H and O–H groups in total. The number of Topliss-reactive ketones (excluding diaryl/α,β-unsaturated/α-hetero) is 1. The van der Waals surface area contributed by atoms with E-state index >= 15 is 0 Å². The van der Waals surface area contributed by atoms with Crippen LogP contribution in [0.5, 0.6) is 0 Å². The summed E-state index contributed by atoms with van der Waals surface area (Å²) in [5.74, 6) is -0.496. The Morgan fingerprint density at radius 3 is 2.28 bits per heavy atom. The topological polar surface area (TPSA) is 54.4 Å². The molecule has 0 aromatic rings. The third-order valence-electron chi connectivity index (χ3n) is 4.96. The highest BCUT2D eigenvalue weighted by molar-refractivity contribution is 8.77. The first-order valence-corrected chi connectivity index (χ1v) is 12.6. The number of carbonyl (C=O) groups excluding carboxylic acids is 1. The maximum atomic E-state index is 12.2. The Morgan fingerprint density at radius 2 is 1.68 bits per heavy atom. The van der Waals surface area contributed by atoms with Crippen molar-refractivity contribution in [1.82, 2.24) is 0 Å². The first kappa shape index (κ1) is 22.9. The Labute approximate surface area is 161 Å². The van der Waals surface area contributed by atoms with Crippen molar-refractivity contribution in [2.75, 3.05) is 5.75 Å². The number of carboxylic acid groups (broad SMARTS) is 1. The molecule has 1 aliphatic rings. The van der Waals surface area contributed by atoms with Gasteiger partial charge in [-0.1, -0.05) is 86.3 Å². The van der Waals surface area contributed by atoms with Gasteiger partial charge in [-0.05, 0) is 25.7 Å². The number of carboxylic acids is 1. The van der Waals surface area contributed by atoms with Gasteiger partial charge in [0.05, 0.1) is 0 Å². The second-order valence-corrected chi connectivity index (χ2v) is 9.98. The summed E-state index contributed by atoms with van der Waals surface area (Å²) in [6.07, 6.45) is 14.8. The van der Waals surface area contributed by atoms with E-state index in [2.05, 4.69) is 6.92 Å². The molecule has 2 atom stereocenters. The van der Waals surface area contributed by atoms with Crippen LogP contribution in [0.3, 0.4) is 0 Å². The third-order valence-corrected chi connectivity index (χ3v) is 7.97. The molecular weight excluding hydrogens is 352 g/mol. The van der Waals surface area contributed by atoms with Crippen LogP contribution < -0.4 is 0 Å². The van der Waals surface area contributed by atoms with Crippen LogP contribution in [0.2, 0.25) is 0 Å². The molecule has 1 saturated heterocycles. The maximum absolute atomic E-state index is 12.2. The van der Waals surface area contributed by atoms with E-state index in [4.69, 9.17) is 0 Å². The average Bonchev–Trinajstić information content (AvgIpc) is 3.10. The highest BCUT2D eigenvalue weighted by Gasteiger charge is 2.25. The summed E-state index contributed by atoms with van der Waals surface area (Å²) < 4.78 is 0. The number of ketones is 1. The molecule has 1 aliphatic heterocycles. The molecule has 0 aliphatic carbocycles. The molecular formula is C20H36O3S2. The summed E-state index contributed by atoms with van der Waals surface area (Å²) in [7, 11) is 3.92. The summed E-state index contributed by atoms with van der Waals surface area (Å²) in [4.78, 5) is 23.6. The summed E-state index contributed by atoms with van der Waals surface area (Å²) >= 11 is 0. The first-order valence-electron chi connectivity index (χ1n) is 10.2. The second kappa shape index (κ2) is 15.0. The third kappa shape index (κ3) is 11.2. The predicted molar refractivity (Wildman–Crippen MR) is 110 cm³/mol. The fourth-order valence-electron chi connectivity index (χ4n) is 3.31. The second-order valence-electron chi connectivity index (χ2n) is 7.20. The first-order chi connectivity index (χ1) is 12.1. The van der Waals surface area contributed by atoms with Crippen LogP contribution in [0.1, 0.15) is 96.8 Å². The molecule has 146 valence electrons. The molecule has 0 aromatic heterocycles. The standard InChI is InChI=1S/C20H36O3S2/c1-2-3-4-5-6-7-8-9-13-18(20(22)23)19(21)14-11-10-12-17-15-16-24-25-17/h17-18H,2-16H2,1H3,(H,22,23).